The van der Waals surface area contributed by atoms with E-state index in [1.165, 1.54) is 0 Å². The largest absolute Gasteiger partial charge is 0.497 e. The minimum absolute atomic E-state index is 0.103. The van der Waals surface area contributed by atoms with Crippen molar-refractivity contribution in [3.05, 3.63) is 60.2 Å². The average Bonchev–Trinajstić information content (AvgIpc) is 3.05. The van der Waals surface area contributed by atoms with Crippen molar-refractivity contribution in [3.8, 4) is 5.75 Å². The number of carbonyl (C=O) groups excluding carboxylic acids is 2. The van der Waals surface area contributed by atoms with E-state index in [9.17, 15) is 9.59 Å². The van der Waals surface area contributed by atoms with Crippen LogP contribution in [0, 0.1) is 0 Å². The minimum Gasteiger partial charge on any atom is -0.497 e. The molecule has 2 saturated heterocycles. The van der Waals surface area contributed by atoms with Crippen LogP contribution < -0.4 is 10.1 Å². The van der Waals surface area contributed by atoms with E-state index in [0.717, 1.165) is 29.8 Å². The van der Waals surface area contributed by atoms with Gasteiger partial charge in [0, 0.05) is 25.3 Å². The zero-order chi connectivity index (χ0) is 20.3. The molecule has 0 radical (unpaired) electrons. The molecule has 2 aliphatic heterocycles. The quantitative estimate of drug-likeness (QED) is 0.831. The summed E-state index contributed by atoms with van der Waals surface area (Å²) in [5.41, 5.74) is 1.88. The topological polar surface area (TPSA) is 61.9 Å². The van der Waals surface area contributed by atoms with Crippen LogP contribution in [0.3, 0.4) is 0 Å². The van der Waals surface area contributed by atoms with Gasteiger partial charge in [-0.25, -0.2) is 4.79 Å². The number of ether oxygens (including phenoxy) is 1. The summed E-state index contributed by atoms with van der Waals surface area (Å²) in [6.07, 6.45) is 1.57. The molecule has 0 aromatic heterocycles. The monoisotopic (exact) mass is 411 g/mol. The van der Waals surface area contributed by atoms with Gasteiger partial charge in [-0.2, -0.15) is 0 Å². The lowest BCUT2D eigenvalue weighted by atomic mass is 10.0. The number of anilines is 1. The molecule has 29 heavy (non-hydrogen) atoms. The molecular formula is C22H25N3O3S. The summed E-state index contributed by atoms with van der Waals surface area (Å²) in [5.74, 6) is 1.46. The number of rotatable bonds is 4. The van der Waals surface area contributed by atoms with E-state index in [1.54, 1.807) is 18.9 Å². The third-order valence-electron chi connectivity index (χ3n) is 5.61. The third kappa shape index (κ3) is 4.19. The molecule has 6 nitrogen and oxygen atoms in total. The van der Waals surface area contributed by atoms with Crippen LogP contribution in [0.1, 0.15) is 18.4 Å². The molecule has 1 N–H and O–H groups in total. The highest BCUT2D eigenvalue weighted by Gasteiger charge is 2.48. The molecule has 2 aromatic carbocycles. The zero-order valence-corrected chi connectivity index (χ0v) is 17.3. The highest BCUT2D eigenvalue weighted by molar-refractivity contribution is 8.01. The van der Waals surface area contributed by atoms with Gasteiger partial charge in [0.2, 0.25) is 5.91 Å². The summed E-state index contributed by atoms with van der Waals surface area (Å²) in [7, 11) is 1.62. The van der Waals surface area contributed by atoms with Crippen LogP contribution in [0.4, 0.5) is 10.5 Å². The lowest BCUT2D eigenvalue weighted by Gasteiger charge is -2.44. The Morgan fingerprint density at radius 1 is 1.10 bits per heavy atom. The van der Waals surface area contributed by atoms with Crippen LogP contribution >= 0.6 is 11.8 Å². The number of thioether (sulfide) groups is 1. The highest BCUT2D eigenvalue weighted by Crippen LogP contribution is 2.45. The van der Waals surface area contributed by atoms with Gasteiger partial charge in [-0.3, -0.25) is 4.79 Å². The third-order valence-corrected chi connectivity index (χ3v) is 7.17. The van der Waals surface area contributed by atoms with Crippen molar-refractivity contribution in [3.63, 3.8) is 0 Å². The first-order chi connectivity index (χ1) is 14.1. The van der Waals surface area contributed by atoms with E-state index < -0.39 is 0 Å². The van der Waals surface area contributed by atoms with Crippen molar-refractivity contribution in [2.24, 2.45) is 0 Å². The zero-order valence-electron chi connectivity index (χ0n) is 16.5. The Bertz CT molecular complexity index is 865. The van der Waals surface area contributed by atoms with Crippen LogP contribution in [0.5, 0.6) is 5.75 Å². The molecule has 0 unspecified atom stereocenters. The van der Waals surface area contributed by atoms with E-state index >= 15 is 0 Å². The number of nitrogens with one attached hydrogen (secondary N) is 1. The first-order valence-electron chi connectivity index (χ1n) is 9.78. The standard InChI is InChI=1S/C22H25N3O3S/c1-28-19-9-7-18(8-10-19)23-21(27)24-13-11-22(12-14-24)25(20(26)16-29-22)15-17-5-3-2-4-6-17/h2-10H,11-16H2,1H3,(H,23,27). The lowest BCUT2D eigenvalue weighted by molar-refractivity contribution is -0.131. The molecule has 0 saturated carbocycles. The molecule has 2 fully saturated rings. The van der Waals surface area contributed by atoms with E-state index in [-0.39, 0.29) is 16.8 Å². The van der Waals surface area contributed by atoms with Crippen molar-refractivity contribution in [2.75, 3.05) is 31.3 Å². The summed E-state index contributed by atoms with van der Waals surface area (Å²) in [6.45, 7) is 1.89. The maximum Gasteiger partial charge on any atom is 0.321 e. The van der Waals surface area contributed by atoms with Gasteiger partial charge in [0.25, 0.3) is 0 Å². The minimum atomic E-state index is -0.205. The van der Waals surface area contributed by atoms with Crippen LogP contribution in [-0.4, -0.2) is 52.6 Å². The maximum atomic E-state index is 12.7. The second-order valence-electron chi connectivity index (χ2n) is 7.35. The SMILES string of the molecule is COc1ccc(NC(=O)N2CCC3(CC2)SCC(=O)N3Cc2ccccc2)cc1. The Morgan fingerprint density at radius 2 is 1.79 bits per heavy atom. The molecule has 152 valence electrons. The number of hydrogen-bond donors (Lipinski definition) is 1. The normalized spacial score (nSPS) is 18.2. The Kier molecular flexibility index (Phi) is 5.67. The first kappa shape index (κ1) is 19.6. The fraction of sp³-hybridized carbons (Fsp3) is 0.364. The van der Waals surface area contributed by atoms with E-state index in [2.05, 4.69) is 17.4 Å². The van der Waals surface area contributed by atoms with Gasteiger partial charge in [0.05, 0.1) is 17.7 Å². The van der Waals surface area contributed by atoms with Gasteiger partial charge in [0.15, 0.2) is 0 Å². The number of carbonyl (C=O) groups is 2. The number of piperidine rings is 1. The summed E-state index contributed by atoms with van der Waals surface area (Å²) in [6, 6.07) is 17.3. The van der Waals surface area contributed by atoms with E-state index in [4.69, 9.17) is 4.74 Å². The van der Waals surface area contributed by atoms with Crippen molar-refractivity contribution in [1.82, 2.24) is 9.80 Å². The van der Waals surface area contributed by atoms with Gasteiger partial charge in [-0.05, 0) is 42.7 Å². The van der Waals surface area contributed by atoms with Crippen LogP contribution in [0.2, 0.25) is 0 Å². The van der Waals surface area contributed by atoms with E-state index in [1.807, 2.05) is 52.3 Å². The molecular weight excluding hydrogens is 386 g/mol. The van der Waals surface area contributed by atoms with Gasteiger partial charge >= 0.3 is 6.03 Å². The fourth-order valence-electron chi connectivity index (χ4n) is 3.93. The lowest BCUT2D eigenvalue weighted by Crippen LogP contribution is -2.53. The summed E-state index contributed by atoms with van der Waals surface area (Å²) < 4.78 is 5.15. The number of hydrogen-bond acceptors (Lipinski definition) is 4. The van der Waals surface area contributed by atoms with Gasteiger partial charge in [0.1, 0.15) is 5.75 Å². The van der Waals surface area contributed by atoms with Crippen molar-refractivity contribution < 1.29 is 14.3 Å². The molecule has 2 aliphatic rings. The number of benzene rings is 2. The number of likely N-dealkylation sites (tertiary alicyclic amines) is 1. The second-order valence-corrected chi connectivity index (χ2v) is 8.68. The summed E-state index contributed by atoms with van der Waals surface area (Å²) in [5, 5.41) is 2.95. The van der Waals surface area contributed by atoms with E-state index in [0.29, 0.717) is 25.4 Å². The molecule has 2 heterocycles. The Morgan fingerprint density at radius 3 is 2.45 bits per heavy atom. The molecule has 0 atom stereocenters. The van der Waals surface area contributed by atoms with Crippen molar-refractivity contribution in [1.29, 1.82) is 0 Å². The van der Waals surface area contributed by atoms with Crippen LogP contribution in [-0.2, 0) is 11.3 Å². The van der Waals surface area contributed by atoms with Crippen molar-refractivity contribution >= 4 is 29.4 Å². The molecule has 1 spiro atoms. The van der Waals surface area contributed by atoms with Crippen LogP contribution in [0.15, 0.2) is 54.6 Å². The molecule has 4 rings (SSSR count). The smallest absolute Gasteiger partial charge is 0.321 e. The Hall–Kier alpha value is -2.67. The molecule has 3 amide bonds. The second kappa shape index (κ2) is 8.37. The Balaban J connectivity index is 1.38. The molecule has 7 heteroatoms. The van der Waals surface area contributed by atoms with Gasteiger partial charge in [-0.1, -0.05) is 30.3 Å². The molecule has 0 aliphatic carbocycles. The average molecular weight is 412 g/mol. The number of methoxy groups -OCH3 is 1. The first-order valence-corrected chi connectivity index (χ1v) is 10.8. The summed E-state index contributed by atoms with van der Waals surface area (Å²) in [4.78, 5) is 28.9. The van der Waals surface area contributed by atoms with Gasteiger partial charge < -0.3 is 19.9 Å². The predicted molar refractivity (Wildman–Crippen MR) is 115 cm³/mol. The predicted octanol–water partition coefficient (Wildman–Crippen LogP) is 3.79. The number of urea groups is 1. The maximum absolute atomic E-state index is 12.7. The fourth-order valence-corrected chi connectivity index (χ4v) is 5.27. The summed E-state index contributed by atoms with van der Waals surface area (Å²) >= 11 is 1.73. The number of amides is 3. The Labute approximate surface area is 175 Å². The molecule has 0 bridgehead atoms. The molecule has 2 aromatic rings. The van der Waals surface area contributed by atoms with Crippen molar-refractivity contribution in [2.45, 2.75) is 24.3 Å². The van der Waals surface area contributed by atoms with Gasteiger partial charge in [-0.15, -0.1) is 11.8 Å². The van der Waals surface area contributed by atoms with Crippen LogP contribution in [0.25, 0.3) is 0 Å². The highest BCUT2D eigenvalue weighted by atomic mass is 32.2. The number of nitrogens with zero attached hydrogens (tertiary/aromatic N) is 2.